The van der Waals surface area contributed by atoms with E-state index in [-0.39, 0.29) is 0 Å². The molecule has 4 nitrogen and oxygen atoms in total. The van der Waals surface area contributed by atoms with Crippen LogP contribution in [0.2, 0.25) is 10.0 Å². The quantitative estimate of drug-likeness (QED) is 0.361. The van der Waals surface area contributed by atoms with Crippen LogP contribution < -0.4 is 14.8 Å². The number of rotatable bonds is 9. The second kappa shape index (κ2) is 11.0. The standard InChI is InChI=1S/C23H22BrCl2NO3/c1-29-22-11-16(12-27-13-21(28)17-5-3-2-4-6-17)9-18(24)23(22)30-14-15-7-8-19(25)20(26)10-15/h2-11,21,27-28H,12-14H2,1H3. The van der Waals surface area contributed by atoms with Crippen molar-refractivity contribution < 1.29 is 14.6 Å². The van der Waals surface area contributed by atoms with Crippen LogP contribution in [0.25, 0.3) is 0 Å². The lowest BCUT2D eigenvalue weighted by Crippen LogP contribution is -2.21. The van der Waals surface area contributed by atoms with Crippen molar-refractivity contribution in [1.82, 2.24) is 5.32 Å². The van der Waals surface area contributed by atoms with E-state index in [1.165, 1.54) is 0 Å². The van der Waals surface area contributed by atoms with Gasteiger partial charge in [0.15, 0.2) is 11.5 Å². The van der Waals surface area contributed by atoms with Crippen LogP contribution in [0.3, 0.4) is 0 Å². The third kappa shape index (κ3) is 6.13. The predicted octanol–water partition coefficient (Wildman–Crippen LogP) is 6.17. The van der Waals surface area contributed by atoms with Crippen molar-refractivity contribution >= 4 is 39.1 Å². The number of nitrogens with one attached hydrogen (secondary N) is 1. The average molecular weight is 511 g/mol. The summed E-state index contributed by atoms with van der Waals surface area (Å²) in [5.74, 6) is 1.22. The van der Waals surface area contributed by atoms with E-state index in [0.29, 0.717) is 41.2 Å². The molecule has 7 heteroatoms. The van der Waals surface area contributed by atoms with E-state index in [1.54, 1.807) is 19.2 Å². The second-order valence-electron chi connectivity index (χ2n) is 6.70. The van der Waals surface area contributed by atoms with Crippen molar-refractivity contribution in [1.29, 1.82) is 0 Å². The zero-order chi connectivity index (χ0) is 21.5. The number of aliphatic hydroxyl groups is 1. The first-order chi connectivity index (χ1) is 14.5. The number of benzene rings is 3. The molecule has 3 aromatic rings. The molecule has 3 rings (SSSR count). The summed E-state index contributed by atoms with van der Waals surface area (Å²) >= 11 is 15.6. The van der Waals surface area contributed by atoms with Gasteiger partial charge in [-0.05, 0) is 56.9 Å². The van der Waals surface area contributed by atoms with E-state index < -0.39 is 6.10 Å². The molecule has 0 aliphatic heterocycles. The maximum absolute atomic E-state index is 10.3. The Morgan fingerprint density at radius 2 is 1.77 bits per heavy atom. The largest absolute Gasteiger partial charge is 0.493 e. The smallest absolute Gasteiger partial charge is 0.175 e. The van der Waals surface area contributed by atoms with Crippen molar-refractivity contribution in [3.8, 4) is 11.5 Å². The maximum Gasteiger partial charge on any atom is 0.175 e. The molecule has 0 aliphatic carbocycles. The molecule has 0 radical (unpaired) electrons. The maximum atomic E-state index is 10.3. The molecule has 0 fully saturated rings. The van der Waals surface area contributed by atoms with Gasteiger partial charge in [0.25, 0.3) is 0 Å². The first-order valence-corrected chi connectivity index (χ1v) is 10.9. The van der Waals surface area contributed by atoms with E-state index in [0.717, 1.165) is 21.2 Å². The number of halogens is 3. The topological polar surface area (TPSA) is 50.7 Å². The van der Waals surface area contributed by atoms with Crippen molar-refractivity contribution in [3.63, 3.8) is 0 Å². The lowest BCUT2D eigenvalue weighted by Gasteiger charge is -2.16. The van der Waals surface area contributed by atoms with Gasteiger partial charge >= 0.3 is 0 Å². The normalized spacial score (nSPS) is 11.9. The van der Waals surface area contributed by atoms with Gasteiger partial charge in [-0.2, -0.15) is 0 Å². The van der Waals surface area contributed by atoms with Gasteiger partial charge in [0.1, 0.15) is 6.61 Å². The number of ether oxygens (including phenoxy) is 2. The fraction of sp³-hybridized carbons (Fsp3) is 0.217. The molecule has 0 bridgehead atoms. The highest BCUT2D eigenvalue weighted by atomic mass is 79.9. The van der Waals surface area contributed by atoms with Gasteiger partial charge in [-0.3, -0.25) is 0 Å². The van der Waals surface area contributed by atoms with Crippen LogP contribution in [-0.2, 0) is 13.2 Å². The van der Waals surface area contributed by atoms with Crippen molar-refractivity contribution in [3.05, 3.63) is 91.9 Å². The number of hydrogen-bond acceptors (Lipinski definition) is 4. The Kier molecular flexibility index (Phi) is 8.42. The van der Waals surface area contributed by atoms with E-state index in [2.05, 4.69) is 21.2 Å². The molecule has 30 heavy (non-hydrogen) atoms. The summed E-state index contributed by atoms with van der Waals surface area (Å²) in [6.07, 6.45) is -0.564. The third-order valence-electron chi connectivity index (χ3n) is 4.51. The van der Waals surface area contributed by atoms with Crippen LogP contribution in [0.15, 0.2) is 65.1 Å². The second-order valence-corrected chi connectivity index (χ2v) is 8.37. The molecule has 0 aliphatic rings. The summed E-state index contributed by atoms with van der Waals surface area (Å²) in [4.78, 5) is 0. The third-order valence-corrected chi connectivity index (χ3v) is 5.84. The Morgan fingerprint density at radius 1 is 1.00 bits per heavy atom. The molecule has 0 saturated heterocycles. The Bertz CT molecular complexity index is 986. The molecule has 3 aromatic carbocycles. The first kappa shape index (κ1) is 22.9. The van der Waals surface area contributed by atoms with Gasteiger partial charge < -0.3 is 19.9 Å². The molecule has 0 aromatic heterocycles. The number of aliphatic hydroxyl groups excluding tert-OH is 1. The van der Waals surface area contributed by atoms with E-state index in [9.17, 15) is 5.11 Å². The Hall–Kier alpha value is -1.76. The molecule has 0 saturated carbocycles. The van der Waals surface area contributed by atoms with Gasteiger partial charge in [0, 0.05) is 13.1 Å². The van der Waals surface area contributed by atoms with Crippen molar-refractivity contribution in [2.75, 3.05) is 13.7 Å². The van der Waals surface area contributed by atoms with Crippen LogP contribution in [0.4, 0.5) is 0 Å². The van der Waals surface area contributed by atoms with Crippen molar-refractivity contribution in [2.24, 2.45) is 0 Å². The Labute approximate surface area is 194 Å². The summed E-state index contributed by atoms with van der Waals surface area (Å²) in [5.41, 5.74) is 2.79. The highest BCUT2D eigenvalue weighted by molar-refractivity contribution is 9.10. The molecule has 1 atom stereocenters. The van der Waals surface area contributed by atoms with E-state index >= 15 is 0 Å². The van der Waals surface area contributed by atoms with Gasteiger partial charge in [-0.1, -0.05) is 59.6 Å². The molecule has 158 valence electrons. The highest BCUT2D eigenvalue weighted by Crippen LogP contribution is 2.37. The molecule has 2 N–H and O–H groups in total. The van der Waals surface area contributed by atoms with Gasteiger partial charge in [-0.15, -0.1) is 0 Å². The molecular formula is C23H22BrCl2NO3. The number of hydrogen-bond donors (Lipinski definition) is 2. The average Bonchev–Trinajstić information content (AvgIpc) is 2.75. The van der Waals surface area contributed by atoms with Crippen molar-refractivity contribution in [2.45, 2.75) is 19.3 Å². The van der Waals surface area contributed by atoms with Gasteiger partial charge in [0.05, 0.1) is 27.7 Å². The highest BCUT2D eigenvalue weighted by Gasteiger charge is 2.13. The summed E-state index contributed by atoms with van der Waals surface area (Å²) in [7, 11) is 1.60. The fourth-order valence-electron chi connectivity index (χ4n) is 2.95. The molecule has 0 spiro atoms. The van der Waals surface area contributed by atoms with Crippen LogP contribution in [-0.4, -0.2) is 18.8 Å². The molecular weight excluding hydrogens is 489 g/mol. The first-order valence-electron chi connectivity index (χ1n) is 9.34. The Balaban J connectivity index is 1.62. The van der Waals surface area contributed by atoms with Gasteiger partial charge in [0.2, 0.25) is 0 Å². The fourth-order valence-corrected chi connectivity index (χ4v) is 3.87. The lowest BCUT2D eigenvalue weighted by atomic mass is 10.1. The predicted molar refractivity (Wildman–Crippen MR) is 125 cm³/mol. The monoisotopic (exact) mass is 509 g/mol. The summed E-state index contributed by atoms with van der Waals surface area (Å²) in [6, 6.07) is 18.8. The Morgan fingerprint density at radius 3 is 2.47 bits per heavy atom. The van der Waals surface area contributed by atoms with Crippen LogP contribution in [0.1, 0.15) is 22.8 Å². The summed E-state index contributed by atoms with van der Waals surface area (Å²) in [6.45, 7) is 1.35. The SMILES string of the molecule is COc1cc(CNCC(O)c2ccccc2)cc(Br)c1OCc1ccc(Cl)c(Cl)c1. The minimum absolute atomic E-state index is 0.326. The minimum atomic E-state index is -0.564. The molecule has 0 amide bonds. The lowest BCUT2D eigenvalue weighted by molar-refractivity contribution is 0.174. The number of methoxy groups -OCH3 is 1. The van der Waals surface area contributed by atoms with Gasteiger partial charge in [-0.25, -0.2) is 0 Å². The van der Waals surface area contributed by atoms with E-state index in [4.69, 9.17) is 32.7 Å². The molecule has 1 unspecified atom stereocenters. The zero-order valence-electron chi connectivity index (χ0n) is 16.4. The minimum Gasteiger partial charge on any atom is -0.493 e. The molecule has 0 heterocycles. The van der Waals surface area contributed by atoms with Crippen LogP contribution in [0, 0.1) is 0 Å². The summed E-state index contributed by atoms with van der Waals surface area (Å²) in [5, 5.41) is 14.5. The summed E-state index contributed by atoms with van der Waals surface area (Å²) < 4.78 is 12.3. The van der Waals surface area contributed by atoms with E-state index in [1.807, 2.05) is 48.5 Å². The van der Waals surface area contributed by atoms with Crippen LogP contribution >= 0.6 is 39.1 Å². The zero-order valence-corrected chi connectivity index (χ0v) is 19.5. The van der Waals surface area contributed by atoms with Crippen LogP contribution in [0.5, 0.6) is 11.5 Å².